The number of hydrogen-bond acceptors (Lipinski definition) is 2. The van der Waals surface area contributed by atoms with Gasteiger partial charge in [0.2, 0.25) is 11.8 Å². The lowest BCUT2D eigenvalue weighted by molar-refractivity contribution is -0.140. The highest BCUT2D eigenvalue weighted by Crippen LogP contribution is 2.27. The van der Waals surface area contributed by atoms with Crippen LogP contribution in [0.3, 0.4) is 0 Å². The van der Waals surface area contributed by atoms with Crippen LogP contribution in [0.2, 0.25) is 10.0 Å². The van der Waals surface area contributed by atoms with E-state index >= 15 is 0 Å². The molecular formula is C22H26Cl2N2O2. The van der Waals surface area contributed by atoms with Crippen LogP contribution in [0.15, 0.2) is 42.5 Å². The summed E-state index contributed by atoms with van der Waals surface area (Å²) in [5, 5.41) is 3.78. The molecule has 150 valence electrons. The largest absolute Gasteiger partial charge is 0.355 e. The van der Waals surface area contributed by atoms with Crippen molar-refractivity contribution in [1.29, 1.82) is 0 Å². The Morgan fingerprint density at radius 3 is 2.18 bits per heavy atom. The fourth-order valence-corrected chi connectivity index (χ4v) is 3.56. The molecule has 2 aromatic rings. The van der Waals surface area contributed by atoms with E-state index in [9.17, 15) is 9.59 Å². The van der Waals surface area contributed by atoms with Gasteiger partial charge in [0.25, 0.3) is 0 Å². The molecule has 0 aliphatic heterocycles. The second-order valence-corrected chi connectivity index (χ2v) is 7.52. The molecule has 0 aliphatic carbocycles. The van der Waals surface area contributed by atoms with Gasteiger partial charge in [0.05, 0.1) is 6.42 Å². The van der Waals surface area contributed by atoms with Crippen LogP contribution in [0.5, 0.6) is 0 Å². The molecule has 1 N–H and O–H groups in total. The lowest BCUT2D eigenvalue weighted by Crippen LogP contribution is -2.49. The maximum Gasteiger partial charge on any atom is 0.242 e. The van der Waals surface area contributed by atoms with Crippen LogP contribution >= 0.6 is 23.2 Å². The number of nitrogens with one attached hydrogen (secondary N) is 1. The summed E-state index contributed by atoms with van der Waals surface area (Å²) < 4.78 is 0. The van der Waals surface area contributed by atoms with Crippen molar-refractivity contribution in [2.45, 2.75) is 46.2 Å². The normalized spacial score (nSPS) is 11.8. The lowest BCUT2D eigenvalue weighted by atomic mass is 10.1. The quantitative estimate of drug-likeness (QED) is 0.667. The third-order valence-electron chi connectivity index (χ3n) is 4.60. The lowest BCUT2D eigenvalue weighted by Gasteiger charge is -2.31. The van der Waals surface area contributed by atoms with E-state index in [1.54, 1.807) is 23.1 Å². The molecule has 28 heavy (non-hydrogen) atoms. The van der Waals surface area contributed by atoms with Crippen LogP contribution in [0.25, 0.3) is 0 Å². The summed E-state index contributed by atoms with van der Waals surface area (Å²) in [4.78, 5) is 27.4. The summed E-state index contributed by atoms with van der Waals surface area (Å²) in [5.41, 5.74) is 2.67. The Labute approximate surface area is 176 Å². The number of likely N-dealkylation sites (N-methyl/N-ethyl adjacent to an activating group) is 1. The predicted octanol–water partition coefficient (Wildman–Crippen LogP) is 4.79. The Bertz CT molecular complexity index is 802. The molecule has 0 bridgehead atoms. The first-order valence-electron chi connectivity index (χ1n) is 9.42. The van der Waals surface area contributed by atoms with E-state index in [0.29, 0.717) is 28.6 Å². The van der Waals surface area contributed by atoms with E-state index in [2.05, 4.69) is 5.32 Å². The fraction of sp³-hybridized carbons (Fsp3) is 0.364. The molecular weight excluding hydrogens is 395 g/mol. The molecule has 2 aromatic carbocycles. The minimum Gasteiger partial charge on any atom is -0.355 e. The zero-order chi connectivity index (χ0) is 20.7. The van der Waals surface area contributed by atoms with Crippen molar-refractivity contribution in [2.75, 3.05) is 6.54 Å². The number of carbonyl (C=O) groups is 2. The second-order valence-electron chi connectivity index (χ2n) is 6.70. The number of rotatable bonds is 8. The predicted molar refractivity (Wildman–Crippen MR) is 115 cm³/mol. The van der Waals surface area contributed by atoms with Crippen LogP contribution in [-0.4, -0.2) is 29.3 Å². The number of hydrogen-bond donors (Lipinski definition) is 1. The van der Waals surface area contributed by atoms with E-state index in [1.807, 2.05) is 45.0 Å². The average molecular weight is 421 g/mol. The van der Waals surface area contributed by atoms with Crippen molar-refractivity contribution in [2.24, 2.45) is 0 Å². The highest BCUT2D eigenvalue weighted by atomic mass is 35.5. The highest BCUT2D eigenvalue weighted by molar-refractivity contribution is 6.36. The number of carbonyl (C=O) groups excluding carboxylic acids is 2. The van der Waals surface area contributed by atoms with E-state index in [0.717, 1.165) is 11.1 Å². The van der Waals surface area contributed by atoms with Crippen LogP contribution in [0.4, 0.5) is 0 Å². The van der Waals surface area contributed by atoms with Crippen molar-refractivity contribution >= 4 is 35.0 Å². The van der Waals surface area contributed by atoms with Gasteiger partial charge < -0.3 is 10.2 Å². The first kappa shape index (κ1) is 22.3. The number of amides is 2. The molecule has 0 aliphatic rings. The number of aryl methyl sites for hydroxylation is 1. The Morgan fingerprint density at radius 2 is 1.64 bits per heavy atom. The zero-order valence-electron chi connectivity index (χ0n) is 16.5. The third kappa shape index (κ3) is 5.73. The molecule has 6 heteroatoms. The second kappa shape index (κ2) is 10.5. The molecule has 0 heterocycles. The number of nitrogens with zero attached hydrogens (tertiary/aromatic N) is 1. The molecule has 0 saturated heterocycles. The molecule has 0 fully saturated rings. The Kier molecular flexibility index (Phi) is 8.34. The molecule has 0 spiro atoms. The van der Waals surface area contributed by atoms with Crippen molar-refractivity contribution in [1.82, 2.24) is 10.2 Å². The molecule has 0 radical (unpaired) electrons. The standard InChI is InChI=1S/C22H26Cl2N2O2/c1-4-20(22(28)25-5-2)26(14-17-18(23)7-6-8-19(17)24)21(27)13-16-11-9-15(3)10-12-16/h6-12,20H,4-5,13-14H2,1-3H3,(H,25,28)/t20-/m1/s1. The summed E-state index contributed by atoms with van der Waals surface area (Å²) in [6.45, 7) is 6.43. The number of benzene rings is 2. The van der Waals surface area contributed by atoms with Crippen LogP contribution < -0.4 is 5.32 Å². The maximum atomic E-state index is 13.2. The first-order valence-corrected chi connectivity index (χ1v) is 10.2. The summed E-state index contributed by atoms with van der Waals surface area (Å²) in [5.74, 6) is -0.316. The van der Waals surface area contributed by atoms with E-state index in [1.165, 1.54) is 0 Å². The van der Waals surface area contributed by atoms with Crippen LogP contribution in [-0.2, 0) is 22.6 Å². The van der Waals surface area contributed by atoms with E-state index in [4.69, 9.17) is 23.2 Å². The van der Waals surface area contributed by atoms with Crippen molar-refractivity contribution in [3.63, 3.8) is 0 Å². The van der Waals surface area contributed by atoms with Gasteiger partial charge in [0.1, 0.15) is 6.04 Å². The summed E-state index contributed by atoms with van der Waals surface area (Å²) >= 11 is 12.6. The molecule has 0 aromatic heterocycles. The molecule has 2 amide bonds. The zero-order valence-corrected chi connectivity index (χ0v) is 18.0. The Balaban J connectivity index is 2.35. The molecule has 0 unspecified atom stereocenters. The van der Waals surface area contributed by atoms with Gasteiger partial charge in [-0.1, -0.05) is 66.0 Å². The van der Waals surface area contributed by atoms with Crippen molar-refractivity contribution < 1.29 is 9.59 Å². The topological polar surface area (TPSA) is 49.4 Å². The molecule has 1 atom stereocenters. The summed E-state index contributed by atoms with van der Waals surface area (Å²) in [7, 11) is 0. The Hall–Kier alpha value is -2.04. The van der Waals surface area contributed by atoms with Gasteiger partial charge in [0, 0.05) is 28.7 Å². The van der Waals surface area contributed by atoms with Crippen LogP contribution in [0.1, 0.15) is 37.0 Å². The summed E-state index contributed by atoms with van der Waals surface area (Å²) in [6, 6.07) is 12.4. The smallest absolute Gasteiger partial charge is 0.242 e. The Morgan fingerprint density at radius 1 is 1.04 bits per heavy atom. The van der Waals surface area contributed by atoms with Gasteiger partial charge in [-0.3, -0.25) is 9.59 Å². The highest BCUT2D eigenvalue weighted by Gasteiger charge is 2.29. The molecule has 0 saturated carbocycles. The van der Waals surface area contributed by atoms with E-state index in [-0.39, 0.29) is 24.8 Å². The van der Waals surface area contributed by atoms with Gasteiger partial charge in [-0.2, -0.15) is 0 Å². The minimum atomic E-state index is -0.592. The van der Waals surface area contributed by atoms with Crippen molar-refractivity contribution in [3.8, 4) is 0 Å². The van der Waals surface area contributed by atoms with Gasteiger partial charge >= 0.3 is 0 Å². The molecule has 4 nitrogen and oxygen atoms in total. The van der Waals surface area contributed by atoms with Gasteiger partial charge in [-0.25, -0.2) is 0 Å². The van der Waals surface area contributed by atoms with Gasteiger partial charge in [0.15, 0.2) is 0 Å². The number of halogens is 2. The minimum absolute atomic E-state index is 0.141. The van der Waals surface area contributed by atoms with Crippen molar-refractivity contribution in [3.05, 3.63) is 69.2 Å². The van der Waals surface area contributed by atoms with Gasteiger partial charge in [-0.15, -0.1) is 0 Å². The van der Waals surface area contributed by atoms with Crippen LogP contribution in [0, 0.1) is 6.92 Å². The molecule has 2 rings (SSSR count). The SMILES string of the molecule is CCNC(=O)[C@@H](CC)N(Cc1c(Cl)cccc1Cl)C(=O)Cc1ccc(C)cc1. The van der Waals surface area contributed by atoms with E-state index < -0.39 is 6.04 Å². The third-order valence-corrected chi connectivity index (χ3v) is 5.31. The monoisotopic (exact) mass is 420 g/mol. The average Bonchev–Trinajstić information content (AvgIpc) is 2.66. The van der Waals surface area contributed by atoms with Gasteiger partial charge in [-0.05, 0) is 38.0 Å². The first-order chi connectivity index (χ1) is 13.4. The fourth-order valence-electron chi connectivity index (χ4n) is 3.05. The summed E-state index contributed by atoms with van der Waals surface area (Å²) in [6.07, 6.45) is 0.700. The maximum absolute atomic E-state index is 13.2.